The molecule has 0 spiro atoms. The van der Waals surface area contributed by atoms with E-state index in [1.54, 1.807) is 30.1 Å². The Morgan fingerprint density at radius 1 is 0.968 bits per heavy atom. The molecule has 6 rings (SSSR count). The Morgan fingerprint density at radius 2 is 1.74 bits per heavy atom. The van der Waals surface area contributed by atoms with Gasteiger partial charge < -0.3 is 29.7 Å². The second-order valence-electron chi connectivity index (χ2n) is 15.6. The Kier molecular flexibility index (Phi) is 14.9. The number of nitrogens with one attached hydrogen (secondary N) is 2. The fraction of sp³-hybridized carbons (Fsp3) is 0.348. The summed E-state index contributed by atoms with van der Waals surface area (Å²) >= 11 is 6.86. The number of benzene rings is 4. The highest BCUT2D eigenvalue weighted by Crippen LogP contribution is 2.39. The van der Waals surface area contributed by atoms with Gasteiger partial charge in [-0.1, -0.05) is 85.6 Å². The monoisotopic (exact) mass is 886 g/mol. The van der Waals surface area contributed by atoms with Crippen LogP contribution in [0.15, 0.2) is 108 Å². The second-order valence-corrected chi connectivity index (χ2v) is 17.9. The third kappa shape index (κ3) is 10.7. The van der Waals surface area contributed by atoms with Crippen LogP contribution in [0.2, 0.25) is 5.02 Å². The lowest BCUT2D eigenvalue weighted by Crippen LogP contribution is -2.57. The largest absolute Gasteiger partial charge is 0.497 e. The van der Waals surface area contributed by atoms with Crippen LogP contribution in [-0.4, -0.2) is 74.7 Å². The van der Waals surface area contributed by atoms with Crippen molar-refractivity contribution in [3.8, 4) is 11.5 Å². The molecule has 2 amide bonds. The smallest absolute Gasteiger partial charge is 0.408 e. The molecule has 1 saturated carbocycles. The van der Waals surface area contributed by atoms with Crippen molar-refractivity contribution in [1.82, 2.24) is 20.2 Å². The van der Waals surface area contributed by atoms with Gasteiger partial charge in [-0.3, -0.25) is 4.79 Å². The summed E-state index contributed by atoms with van der Waals surface area (Å²) in [5.41, 5.74) is 3.67. The molecular formula is C46H52ClFN6O7S. The number of amides is 2. The van der Waals surface area contributed by atoms with E-state index in [2.05, 4.69) is 32.7 Å². The molecule has 328 valence electrons. The first-order chi connectivity index (χ1) is 29.7. The Hall–Kier alpha value is -5.93. The van der Waals surface area contributed by atoms with Crippen molar-refractivity contribution in [3.05, 3.63) is 137 Å². The molecule has 0 aliphatic heterocycles. The van der Waals surface area contributed by atoms with Crippen molar-refractivity contribution < 1.29 is 36.6 Å². The number of alkyl carbamates (subject to hydrolysis) is 1. The van der Waals surface area contributed by atoms with Crippen LogP contribution in [-0.2, 0) is 32.7 Å². The van der Waals surface area contributed by atoms with Gasteiger partial charge in [0, 0.05) is 37.0 Å². The van der Waals surface area contributed by atoms with Crippen LogP contribution in [0.3, 0.4) is 0 Å². The lowest BCUT2D eigenvalue weighted by molar-refractivity contribution is -0.136. The molecule has 2 N–H and O–H groups in total. The minimum Gasteiger partial charge on any atom is -0.497 e. The van der Waals surface area contributed by atoms with Gasteiger partial charge in [0.1, 0.15) is 47.0 Å². The van der Waals surface area contributed by atoms with Gasteiger partial charge in [0.25, 0.3) is 10.0 Å². The summed E-state index contributed by atoms with van der Waals surface area (Å²) in [5.74, 6) is -0.727. The number of sulfonamides is 1. The lowest BCUT2D eigenvalue weighted by Gasteiger charge is -2.43. The van der Waals surface area contributed by atoms with E-state index in [-0.39, 0.29) is 47.4 Å². The summed E-state index contributed by atoms with van der Waals surface area (Å²) in [6, 6.07) is 24.2. The number of anilines is 2. The molecule has 4 aromatic carbocycles. The van der Waals surface area contributed by atoms with Gasteiger partial charge >= 0.3 is 6.09 Å². The van der Waals surface area contributed by atoms with E-state index >= 15 is 4.39 Å². The predicted molar refractivity (Wildman–Crippen MR) is 236 cm³/mol. The Balaban J connectivity index is 1.28. The SMILES string of the molecule is COc1ccc(CN(c2ccncn2)S(=O)(=O)c2cc(Cl)c(NC3CC[C@H](c4cccc(C)c4)C[C@@H]3N(C)C(=O)[C@@H](NC(=O)OCc3ccccc3)C(C)C)cc2F)c(OC)c1. The van der Waals surface area contributed by atoms with E-state index in [9.17, 15) is 18.0 Å². The fourth-order valence-corrected chi connectivity index (χ4v) is 9.53. The zero-order valence-electron chi connectivity index (χ0n) is 35.5. The molecule has 62 heavy (non-hydrogen) atoms. The van der Waals surface area contributed by atoms with Gasteiger partial charge in [0.15, 0.2) is 0 Å². The van der Waals surface area contributed by atoms with Crippen molar-refractivity contribution in [1.29, 1.82) is 0 Å². The molecule has 1 fully saturated rings. The van der Waals surface area contributed by atoms with Gasteiger partial charge in [0.05, 0.1) is 37.5 Å². The van der Waals surface area contributed by atoms with Crippen LogP contribution >= 0.6 is 11.6 Å². The average molecular weight is 887 g/mol. The van der Waals surface area contributed by atoms with Crippen LogP contribution in [0.4, 0.5) is 20.7 Å². The number of hydrogen-bond acceptors (Lipinski definition) is 10. The number of ether oxygens (including phenoxy) is 3. The van der Waals surface area contributed by atoms with Gasteiger partial charge in [0.2, 0.25) is 5.91 Å². The Bertz CT molecular complexity index is 2450. The highest BCUT2D eigenvalue weighted by molar-refractivity contribution is 7.92. The number of aryl methyl sites for hydroxylation is 1. The third-order valence-corrected chi connectivity index (χ3v) is 13.2. The van der Waals surface area contributed by atoms with E-state index in [0.717, 1.165) is 39.5 Å². The first-order valence-electron chi connectivity index (χ1n) is 20.3. The van der Waals surface area contributed by atoms with Crippen molar-refractivity contribution in [3.63, 3.8) is 0 Å². The molecule has 1 aliphatic carbocycles. The number of nitrogens with zero attached hydrogens (tertiary/aromatic N) is 4. The molecule has 16 heteroatoms. The van der Waals surface area contributed by atoms with E-state index < -0.39 is 45.0 Å². The zero-order chi connectivity index (χ0) is 44.6. The van der Waals surface area contributed by atoms with E-state index in [0.29, 0.717) is 29.9 Å². The van der Waals surface area contributed by atoms with Crippen LogP contribution in [0.5, 0.6) is 11.5 Å². The van der Waals surface area contributed by atoms with Crippen LogP contribution in [0, 0.1) is 18.7 Å². The molecule has 1 aromatic heterocycles. The van der Waals surface area contributed by atoms with Crippen LogP contribution < -0.4 is 24.4 Å². The molecule has 0 radical (unpaired) electrons. The summed E-state index contributed by atoms with van der Waals surface area (Å²) in [6.45, 7) is 5.49. The summed E-state index contributed by atoms with van der Waals surface area (Å²) in [6.07, 6.45) is 3.71. The van der Waals surface area contributed by atoms with Gasteiger partial charge in [-0.05, 0) is 73.4 Å². The molecule has 1 aliphatic rings. The number of carbonyl (C=O) groups excluding carboxylic acids is 2. The highest BCUT2D eigenvalue weighted by Gasteiger charge is 2.39. The molecule has 13 nitrogen and oxygen atoms in total. The number of halogens is 2. The molecular weight excluding hydrogens is 835 g/mol. The molecule has 5 aromatic rings. The molecule has 1 heterocycles. The average Bonchev–Trinajstić information content (AvgIpc) is 3.27. The second kappa shape index (κ2) is 20.3. The molecule has 1 unspecified atom stereocenters. The van der Waals surface area contributed by atoms with Gasteiger partial charge in [-0.25, -0.2) is 31.9 Å². The quantitative estimate of drug-likeness (QED) is 0.0987. The number of likely N-dealkylation sites (N-methyl/N-ethyl adjacent to an activating group) is 1. The first-order valence-corrected chi connectivity index (χ1v) is 22.1. The number of hydrogen-bond donors (Lipinski definition) is 2. The summed E-state index contributed by atoms with van der Waals surface area (Å²) < 4.78 is 62.6. The van der Waals surface area contributed by atoms with Crippen molar-refractivity contribution >= 4 is 45.1 Å². The zero-order valence-corrected chi connectivity index (χ0v) is 37.1. The fourth-order valence-electron chi connectivity index (χ4n) is 7.77. The topological polar surface area (TPSA) is 152 Å². The van der Waals surface area contributed by atoms with Crippen molar-refractivity contribution in [2.75, 3.05) is 30.9 Å². The maximum Gasteiger partial charge on any atom is 0.408 e. The minimum atomic E-state index is -4.65. The molecule has 0 saturated heterocycles. The van der Waals surface area contributed by atoms with E-state index in [1.165, 1.54) is 32.8 Å². The van der Waals surface area contributed by atoms with Crippen molar-refractivity contribution in [2.24, 2.45) is 5.92 Å². The summed E-state index contributed by atoms with van der Waals surface area (Å²) in [4.78, 5) is 36.5. The van der Waals surface area contributed by atoms with Crippen LogP contribution in [0.25, 0.3) is 0 Å². The predicted octanol–water partition coefficient (Wildman–Crippen LogP) is 8.52. The normalized spacial score (nSPS) is 16.8. The highest BCUT2D eigenvalue weighted by atomic mass is 35.5. The number of rotatable bonds is 16. The Morgan fingerprint density at radius 3 is 2.42 bits per heavy atom. The van der Waals surface area contributed by atoms with Gasteiger partial charge in [-0.15, -0.1) is 0 Å². The van der Waals surface area contributed by atoms with Gasteiger partial charge in [-0.2, -0.15) is 0 Å². The molecule has 0 bridgehead atoms. The standard InChI is InChI=1S/C46H52ClFN6O7S/c1-29(2)44(52-46(56)61-27-31-12-8-7-9-13-31)45(55)53(4)40-22-33(32-14-10-11-30(3)21-32)16-18-38(40)51-39-25-37(48)42(24-36(39)47)62(57,58)54(43-19-20-49-28-50-43)26-34-15-17-35(59-5)23-41(34)60-6/h7-15,17,19-21,23-25,28-29,33,38,40,44,51H,16,18,22,26-27H2,1-6H3,(H,52,56)/t33-,38?,40-,44-/m0/s1. The number of methoxy groups -OCH3 is 2. The van der Waals surface area contributed by atoms with E-state index in [4.69, 9.17) is 25.8 Å². The van der Waals surface area contributed by atoms with E-state index in [1.807, 2.05) is 63.2 Å². The maximum absolute atomic E-state index is 16.4. The van der Waals surface area contributed by atoms with Crippen LogP contribution in [0.1, 0.15) is 61.3 Å². The third-order valence-electron chi connectivity index (χ3n) is 11.2. The first kappa shape index (κ1) is 45.6. The van der Waals surface area contributed by atoms with Crippen molar-refractivity contribution in [2.45, 2.75) is 82.1 Å². The maximum atomic E-state index is 16.4. The minimum absolute atomic E-state index is 0.00448. The Labute approximate surface area is 367 Å². The summed E-state index contributed by atoms with van der Waals surface area (Å²) in [7, 11) is -0.00207. The summed E-state index contributed by atoms with van der Waals surface area (Å²) in [5, 5.41) is 6.11. The number of aromatic nitrogens is 2. The molecule has 4 atom stereocenters. The number of carbonyl (C=O) groups is 2. The lowest BCUT2D eigenvalue weighted by atomic mass is 9.77.